The van der Waals surface area contributed by atoms with Gasteiger partial charge in [-0.05, 0) is 54.9 Å². The maximum Gasteiger partial charge on any atom is 0.178 e. The lowest BCUT2D eigenvalue weighted by atomic mass is 9.94. The fraction of sp³-hybridized carbons (Fsp3) is 0.400. The number of nitrogens with two attached hydrogens (primary N) is 1. The van der Waals surface area contributed by atoms with Gasteiger partial charge >= 0.3 is 0 Å². The molecule has 1 atom stereocenters. The number of ether oxygens (including phenoxy) is 1. The number of nitrogens with zero attached hydrogens (tertiary/aromatic N) is 4. The molecule has 7 nitrogen and oxygen atoms in total. The Morgan fingerprint density at radius 2 is 1.97 bits per heavy atom. The van der Waals surface area contributed by atoms with Gasteiger partial charge in [-0.15, -0.1) is 0 Å². The van der Waals surface area contributed by atoms with E-state index in [1.165, 1.54) is 29.5 Å². The van der Waals surface area contributed by atoms with E-state index in [9.17, 15) is 0 Å². The summed E-state index contributed by atoms with van der Waals surface area (Å²) in [5, 5.41) is 4.60. The second kappa shape index (κ2) is 8.15. The van der Waals surface area contributed by atoms with E-state index < -0.39 is 0 Å². The fourth-order valence-corrected chi connectivity index (χ4v) is 5.08. The van der Waals surface area contributed by atoms with E-state index in [1.807, 2.05) is 12.4 Å². The Kier molecular flexibility index (Phi) is 5.00. The molecule has 7 heteroatoms. The lowest BCUT2D eigenvalue weighted by molar-refractivity contribution is 0.0662. The number of imidazole rings is 1. The third-order valence-electron chi connectivity index (χ3n) is 6.90. The third kappa shape index (κ3) is 3.51. The summed E-state index contributed by atoms with van der Waals surface area (Å²) in [7, 11) is 0. The van der Waals surface area contributed by atoms with Crippen molar-refractivity contribution in [2.75, 3.05) is 13.2 Å². The van der Waals surface area contributed by atoms with E-state index in [-0.39, 0.29) is 6.04 Å². The maximum atomic E-state index is 6.41. The molecule has 1 aliphatic heterocycles. The first-order valence-electron chi connectivity index (χ1n) is 11.6. The first kappa shape index (κ1) is 19.6. The van der Waals surface area contributed by atoms with Crippen molar-refractivity contribution in [1.29, 1.82) is 0 Å². The van der Waals surface area contributed by atoms with Gasteiger partial charge in [0, 0.05) is 37.2 Å². The van der Waals surface area contributed by atoms with E-state index in [2.05, 4.69) is 50.2 Å². The van der Waals surface area contributed by atoms with Crippen LogP contribution in [0.1, 0.15) is 55.3 Å². The number of aryl methyl sites for hydroxylation is 1. The molecule has 0 spiro atoms. The number of aromatic amines is 1. The number of H-pyrrole nitrogens is 1. The quantitative estimate of drug-likeness (QED) is 0.466. The molecule has 3 N–H and O–H groups in total. The van der Waals surface area contributed by atoms with E-state index >= 15 is 0 Å². The molecular formula is C25H28N6O. The number of hydrogen-bond donors (Lipinski definition) is 2. The van der Waals surface area contributed by atoms with Gasteiger partial charge in [-0.1, -0.05) is 24.6 Å². The number of benzene rings is 1. The van der Waals surface area contributed by atoms with Crippen LogP contribution in [0.5, 0.6) is 0 Å². The van der Waals surface area contributed by atoms with E-state index in [0.717, 1.165) is 67.0 Å². The van der Waals surface area contributed by atoms with E-state index in [1.54, 1.807) is 0 Å². The minimum absolute atomic E-state index is 0.144. The summed E-state index contributed by atoms with van der Waals surface area (Å²) in [5.41, 5.74) is 14.0. The van der Waals surface area contributed by atoms with Gasteiger partial charge in [0.25, 0.3) is 0 Å². The SMILES string of the molecule is NC1CCCCc2cc(-c3ccnc4nc(-c5cnn(C6CCOCC6)c5)[nH]c34)ccc21. The molecule has 3 aromatic heterocycles. The predicted octanol–water partition coefficient (Wildman–Crippen LogP) is 4.57. The molecule has 0 amide bonds. The molecule has 0 bridgehead atoms. The van der Waals surface area contributed by atoms with Gasteiger partial charge in [0.05, 0.1) is 23.3 Å². The highest BCUT2D eigenvalue weighted by Crippen LogP contribution is 2.34. The second-order valence-corrected chi connectivity index (χ2v) is 8.96. The molecule has 1 unspecified atom stereocenters. The largest absolute Gasteiger partial charge is 0.381 e. The highest BCUT2D eigenvalue weighted by atomic mass is 16.5. The summed E-state index contributed by atoms with van der Waals surface area (Å²) in [5.74, 6) is 0.801. The normalized spacial score (nSPS) is 19.7. The van der Waals surface area contributed by atoms with Crippen LogP contribution in [0.4, 0.5) is 0 Å². The molecule has 32 heavy (non-hydrogen) atoms. The average Bonchev–Trinajstić information content (AvgIpc) is 3.45. The molecule has 1 fully saturated rings. The van der Waals surface area contributed by atoms with Gasteiger partial charge in [0.1, 0.15) is 5.82 Å². The number of aromatic nitrogens is 5. The van der Waals surface area contributed by atoms with Crippen LogP contribution in [-0.4, -0.2) is 37.9 Å². The van der Waals surface area contributed by atoms with Crippen molar-refractivity contribution in [3.8, 4) is 22.5 Å². The summed E-state index contributed by atoms with van der Waals surface area (Å²) in [6, 6.07) is 9.30. The number of hydrogen-bond acceptors (Lipinski definition) is 5. The number of nitrogens with one attached hydrogen (secondary N) is 1. The summed E-state index contributed by atoms with van der Waals surface area (Å²) >= 11 is 0. The Morgan fingerprint density at radius 3 is 2.88 bits per heavy atom. The molecule has 1 aliphatic carbocycles. The molecule has 164 valence electrons. The lowest BCUT2D eigenvalue weighted by Crippen LogP contribution is -2.19. The molecule has 0 saturated carbocycles. The Balaban J connectivity index is 1.37. The van der Waals surface area contributed by atoms with Gasteiger partial charge < -0.3 is 15.5 Å². The molecular weight excluding hydrogens is 400 g/mol. The van der Waals surface area contributed by atoms with Crippen LogP contribution in [0.25, 0.3) is 33.7 Å². The van der Waals surface area contributed by atoms with Crippen LogP contribution in [0.3, 0.4) is 0 Å². The van der Waals surface area contributed by atoms with Crippen molar-refractivity contribution in [3.05, 3.63) is 54.0 Å². The third-order valence-corrected chi connectivity index (χ3v) is 6.90. The maximum absolute atomic E-state index is 6.41. The second-order valence-electron chi connectivity index (χ2n) is 8.96. The predicted molar refractivity (Wildman–Crippen MR) is 124 cm³/mol. The van der Waals surface area contributed by atoms with Crippen molar-refractivity contribution in [2.45, 2.75) is 50.6 Å². The Labute approximate surface area is 187 Å². The number of pyridine rings is 1. The number of rotatable bonds is 3. The fourth-order valence-electron chi connectivity index (χ4n) is 5.08. The zero-order valence-electron chi connectivity index (χ0n) is 18.1. The van der Waals surface area contributed by atoms with Crippen molar-refractivity contribution in [3.63, 3.8) is 0 Å². The van der Waals surface area contributed by atoms with Crippen LogP contribution >= 0.6 is 0 Å². The van der Waals surface area contributed by atoms with Crippen LogP contribution in [-0.2, 0) is 11.2 Å². The van der Waals surface area contributed by atoms with Crippen LogP contribution in [0.15, 0.2) is 42.9 Å². The van der Waals surface area contributed by atoms with Crippen molar-refractivity contribution >= 4 is 11.2 Å². The standard InChI is InChI=1S/C25H28N6O/c26-22-4-2-1-3-16-13-17(5-6-20(16)22)21-7-10-27-25-23(21)29-24(30-25)18-14-28-31(15-18)19-8-11-32-12-9-19/h5-7,10,13-15,19,22H,1-4,8-9,11-12,26H2,(H,27,29,30). The topological polar surface area (TPSA) is 94.6 Å². The van der Waals surface area contributed by atoms with Crippen molar-refractivity contribution in [2.24, 2.45) is 5.73 Å². The molecule has 0 radical (unpaired) electrons. The monoisotopic (exact) mass is 428 g/mol. The minimum Gasteiger partial charge on any atom is -0.381 e. The summed E-state index contributed by atoms with van der Waals surface area (Å²) in [6.45, 7) is 1.59. The molecule has 4 heterocycles. The molecule has 6 rings (SSSR count). The van der Waals surface area contributed by atoms with Crippen molar-refractivity contribution < 1.29 is 4.74 Å². The Bertz CT molecular complexity index is 1250. The van der Waals surface area contributed by atoms with Gasteiger partial charge in [0.2, 0.25) is 0 Å². The highest BCUT2D eigenvalue weighted by Gasteiger charge is 2.20. The smallest absolute Gasteiger partial charge is 0.178 e. The lowest BCUT2D eigenvalue weighted by Gasteiger charge is -2.22. The van der Waals surface area contributed by atoms with Gasteiger partial charge in [0.15, 0.2) is 5.65 Å². The summed E-state index contributed by atoms with van der Waals surface area (Å²) in [4.78, 5) is 12.8. The summed E-state index contributed by atoms with van der Waals surface area (Å²) < 4.78 is 7.53. The zero-order chi connectivity index (χ0) is 21.5. The minimum atomic E-state index is 0.144. The Hall–Kier alpha value is -3.03. The van der Waals surface area contributed by atoms with Gasteiger partial charge in [-0.3, -0.25) is 4.68 Å². The Morgan fingerprint density at radius 1 is 1.06 bits per heavy atom. The first-order valence-corrected chi connectivity index (χ1v) is 11.6. The molecule has 1 aromatic carbocycles. The summed E-state index contributed by atoms with van der Waals surface area (Å²) in [6.07, 6.45) is 12.3. The molecule has 4 aromatic rings. The van der Waals surface area contributed by atoms with E-state index in [0.29, 0.717) is 6.04 Å². The van der Waals surface area contributed by atoms with Crippen LogP contribution < -0.4 is 5.73 Å². The molecule has 1 saturated heterocycles. The average molecular weight is 429 g/mol. The first-order chi connectivity index (χ1) is 15.8. The van der Waals surface area contributed by atoms with Crippen molar-refractivity contribution in [1.82, 2.24) is 24.7 Å². The number of fused-ring (bicyclic) bond motifs is 2. The van der Waals surface area contributed by atoms with Crippen LogP contribution in [0.2, 0.25) is 0 Å². The van der Waals surface area contributed by atoms with Gasteiger partial charge in [-0.25, -0.2) is 9.97 Å². The van der Waals surface area contributed by atoms with Gasteiger partial charge in [-0.2, -0.15) is 5.10 Å². The zero-order valence-corrected chi connectivity index (χ0v) is 18.1. The van der Waals surface area contributed by atoms with E-state index in [4.69, 9.17) is 15.5 Å². The van der Waals surface area contributed by atoms with Crippen LogP contribution in [0, 0.1) is 0 Å². The highest BCUT2D eigenvalue weighted by molar-refractivity contribution is 5.91. The molecule has 2 aliphatic rings.